The average Bonchev–Trinajstić information content (AvgIpc) is 2.52. The first kappa shape index (κ1) is 17.8. The van der Waals surface area contributed by atoms with Gasteiger partial charge in [0.05, 0.1) is 0 Å². The van der Waals surface area contributed by atoms with Gasteiger partial charge in [-0.1, -0.05) is 0 Å². The number of hydrogen-bond acceptors (Lipinski definition) is 3. The number of thioether (sulfide) groups is 1. The van der Waals surface area contributed by atoms with E-state index in [2.05, 4.69) is 5.32 Å². The molecule has 23 heavy (non-hydrogen) atoms. The molecule has 0 saturated carbocycles. The van der Waals surface area contributed by atoms with Gasteiger partial charge in [-0.15, -0.1) is 0 Å². The number of aryl methyl sites for hydroxylation is 1. The third-order valence-electron chi connectivity index (χ3n) is 3.97. The SMILES string of the molecule is CSCCC(C)NC(=O)CCN1C(=O)CCc2cc(F)ccc21. The maximum Gasteiger partial charge on any atom is 0.227 e. The van der Waals surface area contributed by atoms with Gasteiger partial charge < -0.3 is 10.2 Å². The number of amides is 2. The summed E-state index contributed by atoms with van der Waals surface area (Å²) in [7, 11) is 0. The van der Waals surface area contributed by atoms with Crippen molar-refractivity contribution in [3.8, 4) is 0 Å². The van der Waals surface area contributed by atoms with Crippen LogP contribution in [-0.2, 0) is 16.0 Å². The van der Waals surface area contributed by atoms with Gasteiger partial charge in [-0.05, 0) is 55.5 Å². The summed E-state index contributed by atoms with van der Waals surface area (Å²) in [5.74, 6) is 0.650. The van der Waals surface area contributed by atoms with Gasteiger partial charge in [0.2, 0.25) is 11.8 Å². The Morgan fingerprint density at radius 2 is 2.22 bits per heavy atom. The summed E-state index contributed by atoms with van der Waals surface area (Å²) in [5.41, 5.74) is 1.56. The van der Waals surface area contributed by atoms with Crippen LogP contribution >= 0.6 is 11.8 Å². The summed E-state index contributed by atoms with van der Waals surface area (Å²) in [6.07, 6.45) is 4.14. The normalized spacial score (nSPS) is 15.3. The summed E-state index contributed by atoms with van der Waals surface area (Å²) in [6.45, 7) is 2.32. The predicted octanol–water partition coefficient (Wildman–Crippen LogP) is 2.75. The highest BCUT2D eigenvalue weighted by Crippen LogP contribution is 2.28. The predicted molar refractivity (Wildman–Crippen MR) is 92.3 cm³/mol. The van der Waals surface area contributed by atoms with Gasteiger partial charge in [-0.25, -0.2) is 4.39 Å². The molecule has 2 amide bonds. The Morgan fingerprint density at radius 1 is 1.43 bits per heavy atom. The second-order valence-electron chi connectivity index (χ2n) is 5.82. The van der Waals surface area contributed by atoms with Gasteiger partial charge in [-0.2, -0.15) is 11.8 Å². The van der Waals surface area contributed by atoms with Gasteiger partial charge in [-0.3, -0.25) is 9.59 Å². The molecule has 1 N–H and O–H groups in total. The standard InChI is InChI=1S/C17H23FN2O2S/c1-12(8-10-23-2)19-16(21)7-9-20-15-5-4-14(18)11-13(15)3-6-17(20)22/h4-5,11-12H,3,6-10H2,1-2H3,(H,19,21). The van der Waals surface area contributed by atoms with Crippen LogP contribution < -0.4 is 10.2 Å². The molecule has 1 aliphatic heterocycles. The van der Waals surface area contributed by atoms with E-state index in [9.17, 15) is 14.0 Å². The van der Waals surface area contributed by atoms with Crippen LogP contribution in [0.4, 0.5) is 10.1 Å². The molecule has 1 aromatic carbocycles. The molecule has 1 heterocycles. The Bertz CT molecular complexity index is 580. The van der Waals surface area contributed by atoms with Crippen molar-refractivity contribution in [2.24, 2.45) is 0 Å². The van der Waals surface area contributed by atoms with Crippen LogP contribution in [0.3, 0.4) is 0 Å². The number of halogens is 1. The van der Waals surface area contributed by atoms with Crippen molar-refractivity contribution in [1.29, 1.82) is 0 Å². The van der Waals surface area contributed by atoms with Crippen molar-refractivity contribution < 1.29 is 14.0 Å². The second-order valence-corrected chi connectivity index (χ2v) is 6.80. The molecular formula is C17H23FN2O2S. The molecule has 0 bridgehead atoms. The number of hydrogen-bond donors (Lipinski definition) is 1. The smallest absolute Gasteiger partial charge is 0.227 e. The first-order valence-corrected chi connectivity index (χ1v) is 9.27. The van der Waals surface area contributed by atoms with Crippen LogP contribution in [0, 0.1) is 5.82 Å². The Hall–Kier alpha value is -1.56. The second kappa shape index (κ2) is 8.34. The average molecular weight is 338 g/mol. The quantitative estimate of drug-likeness (QED) is 0.832. The summed E-state index contributed by atoms with van der Waals surface area (Å²) in [4.78, 5) is 25.7. The Balaban J connectivity index is 1.92. The van der Waals surface area contributed by atoms with Crippen molar-refractivity contribution >= 4 is 29.3 Å². The first-order valence-electron chi connectivity index (χ1n) is 7.88. The largest absolute Gasteiger partial charge is 0.354 e. The molecule has 1 atom stereocenters. The fourth-order valence-electron chi connectivity index (χ4n) is 2.70. The lowest BCUT2D eigenvalue weighted by Gasteiger charge is -2.29. The molecule has 6 heteroatoms. The molecule has 0 radical (unpaired) electrons. The van der Waals surface area contributed by atoms with Crippen molar-refractivity contribution in [1.82, 2.24) is 5.32 Å². The molecule has 0 aliphatic carbocycles. The van der Waals surface area contributed by atoms with Gasteiger partial charge in [0.25, 0.3) is 0 Å². The van der Waals surface area contributed by atoms with E-state index in [1.807, 2.05) is 13.2 Å². The molecule has 1 aliphatic rings. The number of carbonyl (C=O) groups is 2. The minimum absolute atomic E-state index is 0.00709. The van der Waals surface area contributed by atoms with Crippen LogP contribution in [0.1, 0.15) is 31.7 Å². The molecule has 2 rings (SSSR count). The summed E-state index contributed by atoms with van der Waals surface area (Å²) >= 11 is 1.75. The van der Waals surface area contributed by atoms with Crippen LogP contribution in [0.25, 0.3) is 0 Å². The number of rotatable bonds is 7. The summed E-state index contributed by atoms with van der Waals surface area (Å²) in [6, 6.07) is 4.59. The fraction of sp³-hybridized carbons (Fsp3) is 0.529. The van der Waals surface area contributed by atoms with Gasteiger partial charge in [0.1, 0.15) is 5.82 Å². The van der Waals surface area contributed by atoms with E-state index in [-0.39, 0.29) is 30.1 Å². The molecule has 126 valence electrons. The Labute approximate surface area is 140 Å². The Kier molecular flexibility index (Phi) is 6.45. The van der Waals surface area contributed by atoms with Crippen LogP contribution in [-0.4, -0.2) is 36.4 Å². The van der Waals surface area contributed by atoms with E-state index in [1.165, 1.54) is 12.1 Å². The molecule has 0 aromatic heterocycles. The highest BCUT2D eigenvalue weighted by molar-refractivity contribution is 7.98. The van der Waals surface area contributed by atoms with E-state index in [0.717, 1.165) is 23.4 Å². The fourth-order valence-corrected chi connectivity index (χ4v) is 3.29. The lowest BCUT2D eigenvalue weighted by Crippen LogP contribution is -2.40. The molecule has 1 aromatic rings. The summed E-state index contributed by atoms with van der Waals surface area (Å²) in [5, 5.41) is 2.95. The third-order valence-corrected chi connectivity index (χ3v) is 4.61. The molecule has 1 unspecified atom stereocenters. The molecule has 0 saturated heterocycles. The number of anilines is 1. The topological polar surface area (TPSA) is 49.4 Å². The van der Waals surface area contributed by atoms with Gasteiger partial charge >= 0.3 is 0 Å². The molecule has 0 fully saturated rings. The monoisotopic (exact) mass is 338 g/mol. The van der Waals surface area contributed by atoms with E-state index in [1.54, 1.807) is 22.7 Å². The van der Waals surface area contributed by atoms with E-state index >= 15 is 0 Å². The lowest BCUT2D eigenvalue weighted by molar-refractivity contribution is -0.121. The molecular weight excluding hydrogens is 315 g/mol. The van der Waals surface area contributed by atoms with Crippen LogP contribution in [0.15, 0.2) is 18.2 Å². The van der Waals surface area contributed by atoms with Crippen molar-refractivity contribution in [3.05, 3.63) is 29.6 Å². The highest BCUT2D eigenvalue weighted by atomic mass is 32.2. The van der Waals surface area contributed by atoms with Gasteiger partial charge in [0.15, 0.2) is 0 Å². The van der Waals surface area contributed by atoms with Crippen molar-refractivity contribution in [2.45, 2.75) is 38.6 Å². The number of fused-ring (bicyclic) bond motifs is 1. The van der Waals surface area contributed by atoms with Crippen molar-refractivity contribution in [2.75, 3.05) is 23.5 Å². The number of carbonyl (C=O) groups excluding carboxylic acids is 2. The molecule has 4 nitrogen and oxygen atoms in total. The number of nitrogens with zero attached hydrogens (tertiary/aromatic N) is 1. The van der Waals surface area contributed by atoms with E-state index < -0.39 is 0 Å². The zero-order chi connectivity index (χ0) is 16.8. The maximum atomic E-state index is 13.3. The van der Waals surface area contributed by atoms with E-state index in [4.69, 9.17) is 0 Å². The van der Waals surface area contributed by atoms with Crippen LogP contribution in [0.5, 0.6) is 0 Å². The first-order chi connectivity index (χ1) is 11.0. The lowest BCUT2D eigenvalue weighted by atomic mass is 10.0. The molecule has 0 spiro atoms. The minimum Gasteiger partial charge on any atom is -0.354 e. The zero-order valence-corrected chi connectivity index (χ0v) is 14.4. The third kappa shape index (κ3) is 4.96. The van der Waals surface area contributed by atoms with E-state index in [0.29, 0.717) is 19.4 Å². The Morgan fingerprint density at radius 3 is 2.96 bits per heavy atom. The van der Waals surface area contributed by atoms with Crippen molar-refractivity contribution in [3.63, 3.8) is 0 Å². The zero-order valence-electron chi connectivity index (χ0n) is 13.6. The van der Waals surface area contributed by atoms with Crippen LogP contribution in [0.2, 0.25) is 0 Å². The highest BCUT2D eigenvalue weighted by Gasteiger charge is 2.24. The number of nitrogens with one attached hydrogen (secondary N) is 1. The summed E-state index contributed by atoms with van der Waals surface area (Å²) < 4.78 is 13.3. The maximum absolute atomic E-state index is 13.3. The minimum atomic E-state index is -0.293. The van der Waals surface area contributed by atoms with Gasteiger partial charge in [0, 0.05) is 31.1 Å². The number of benzene rings is 1.